The zero-order valence-electron chi connectivity index (χ0n) is 11.5. The van der Waals surface area contributed by atoms with Gasteiger partial charge in [-0.1, -0.05) is 23.7 Å². The standard InChI is InChI=1S/C15H16ClNO3S/c1-11(10-12-2-6-14(18)7-3-12)17-21(19,20)15-8-4-13(16)5-9-15/h2-9,11,17-18H,10H2,1H3/t11-/m0/s1. The van der Waals surface area contributed by atoms with Crippen molar-refractivity contribution in [2.45, 2.75) is 24.3 Å². The fourth-order valence-corrected chi connectivity index (χ4v) is 3.34. The van der Waals surface area contributed by atoms with Gasteiger partial charge in [0, 0.05) is 11.1 Å². The highest BCUT2D eigenvalue weighted by atomic mass is 35.5. The van der Waals surface area contributed by atoms with Crippen LogP contribution < -0.4 is 4.72 Å². The van der Waals surface area contributed by atoms with Crippen LogP contribution in [0.2, 0.25) is 5.02 Å². The Kier molecular flexibility index (Phi) is 4.88. The Balaban J connectivity index is 2.05. The topological polar surface area (TPSA) is 66.4 Å². The zero-order valence-corrected chi connectivity index (χ0v) is 13.0. The number of benzene rings is 2. The van der Waals surface area contributed by atoms with E-state index in [2.05, 4.69) is 4.72 Å². The number of phenols is 1. The van der Waals surface area contributed by atoms with E-state index in [0.29, 0.717) is 11.4 Å². The Hall–Kier alpha value is -1.56. The van der Waals surface area contributed by atoms with Crippen LogP contribution in [0.5, 0.6) is 5.75 Å². The fraction of sp³-hybridized carbons (Fsp3) is 0.200. The molecule has 0 aromatic heterocycles. The first kappa shape index (κ1) is 15.8. The summed E-state index contributed by atoms with van der Waals surface area (Å²) in [6.07, 6.45) is 0.535. The average Bonchev–Trinajstić information content (AvgIpc) is 2.41. The summed E-state index contributed by atoms with van der Waals surface area (Å²) in [6.45, 7) is 1.79. The van der Waals surface area contributed by atoms with Gasteiger partial charge in [0.05, 0.1) is 4.90 Å². The van der Waals surface area contributed by atoms with Crippen molar-refractivity contribution in [1.29, 1.82) is 0 Å². The predicted molar refractivity (Wildman–Crippen MR) is 83.0 cm³/mol. The van der Waals surface area contributed by atoms with E-state index in [1.165, 1.54) is 12.1 Å². The summed E-state index contributed by atoms with van der Waals surface area (Å²) in [6, 6.07) is 12.4. The van der Waals surface area contributed by atoms with E-state index in [-0.39, 0.29) is 16.7 Å². The number of nitrogens with one attached hydrogen (secondary N) is 1. The summed E-state index contributed by atoms with van der Waals surface area (Å²) < 4.78 is 27.0. The van der Waals surface area contributed by atoms with Gasteiger partial charge in [-0.3, -0.25) is 0 Å². The molecule has 2 rings (SSSR count). The Morgan fingerprint density at radius 2 is 1.67 bits per heavy atom. The second-order valence-corrected chi connectivity index (χ2v) is 7.00. The summed E-state index contributed by atoms with van der Waals surface area (Å²) in [5, 5.41) is 9.72. The molecule has 0 radical (unpaired) electrons. The smallest absolute Gasteiger partial charge is 0.240 e. The molecular formula is C15H16ClNO3S. The maximum Gasteiger partial charge on any atom is 0.240 e. The maximum atomic E-state index is 12.2. The first-order valence-corrected chi connectivity index (χ1v) is 8.29. The molecule has 0 bridgehead atoms. The highest BCUT2D eigenvalue weighted by molar-refractivity contribution is 7.89. The van der Waals surface area contributed by atoms with Crippen LogP contribution in [0, 0.1) is 0 Å². The monoisotopic (exact) mass is 325 g/mol. The van der Waals surface area contributed by atoms with Crippen LogP contribution in [0.15, 0.2) is 53.4 Å². The molecule has 2 aromatic rings. The van der Waals surface area contributed by atoms with Crippen LogP contribution in [-0.4, -0.2) is 19.6 Å². The minimum Gasteiger partial charge on any atom is -0.508 e. The maximum absolute atomic E-state index is 12.2. The second kappa shape index (κ2) is 6.47. The van der Waals surface area contributed by atoms with Crippen LogP contribution in [0.4, 0.5) is 0 Å². The molecule has 0 aliphatic heterocycles. The molecule has 2 N–H and O–H groups in total. The van der Waals surface area contributed by atoms with E-state index < -0.39 is 10.0 Å². The van der Waals surface area contributed by atoms with Gasteiger partial charge in [-0.2, -0.15) is 0 Å². The number of hydrogen-bond acceptors (Lipinski definition) is 3. The van der Waals surface area contributed by atoms with Gasteiger partial charge in [-0.05, 0) is 55.3 Å². The highest BCUT2D eigenvalue weighted by Gasteiger charge is 2.17. The lowest BCUT2D eigenvalue weighted by atomic mass is 10.1. The Morgan fingerprint density at radius 3 is 2.24 bits per heavy atom. The molecule has 4 nitrogen and oxygen atoms in total. The molecule has 0 spiro atoms. The van der Waals surface area contributed by atoms with Crippen molar-refractivity contribution in [3.63, 3.8) is 0 Å². The van der Waals surface area contributed by atoms with Crippen molar-refractivity contribution in [2.75, 3.05) is 0 Å². The lowest BCUT2D eigenvalue weighted by Gasteiger charge is -2.14. The molecule has 6 heteroatoms. The van der Waals surface area contributed by atoms with Gasteiger partial charge in [0.2, 0.25) is 10.0 Å². The average molecular weight is 326 g/mol. The van der Waals surface area contributed by atoms with Crippen LogP contribution >= 0.6 is 11.6 Å². The van der Waals surface area contributed by atoms with E-state index >= 15 is 0 Å². The first-order valence-electron chi connectivity index (χ1n) is 6.42. The second-order valence-electron chi connectivity index (χ2n) is 4.85. The van der Waals surface area contributed by atoms with Crippen LogP contribution in [0.1, 0.15) is 12.5 Å². The van der Waals surface area contributed by atoms with Crippen molar-refractivity contribution < 1.29 is 13.5 Å². The zero-order chi connectivity index (χ0) is 15.5. The summed E-state index contributed by atoms with van der Waals surface area (Å²) in [5.74, 6) is 0.188. The third-order valence-corrected chi connectivity index (χ3v) is 4.82. The summed E-state index contributed by atoms with van der Waals surface area (Å²) in [5.41, 5.74) is 0.944. The number of phenolic OH excluding ortho intramolecular Hbond substituents is 1. The molecular weight excluding hydrogens is 310 g/mol. The number of halogens is 1. The van der Waals surface area contributed by atoms with Gasteiger partial charge < -0.3 is 5.11 Å². The van der Waals surface area contributed by atoms with Crippen LogP contribution in [0.25, 0.3) is 0 Å². The Bertz CT molecular complexity index is 697. The third-order valence-electron chi connectivity index (χ3n) is 2.96. The lowest BCUT2D eigenvalue weighted by molar-refractivity contribution is 0.475. The SMILES string of the molecule is C[C@@H](Cc1ccc(O)cc1)NS(=O)(=O)c1ccc(Cl)cc1. The van der Waals surface area contributed by atoms with Gasteiger partial charge >= 0.3 is 0 Å². The first-order chi connectivity index (χ1) is 9.87. The minimum atomic E-state index is -3.56. The van der Waals surface area contributed by atoms with Gasteiger partial charge in [0.25, 0.3) is 0 Å². The van der Waals surface area contributed by atoms with Gasteiger partial charge in [-0.15, -0.1) is 0 Å². The molecule has 0 fully saturated rings. The predicted octanol–water partition coefficient (Wildman–Crippen LogP) is 2.96. The van der Waals surface area contributed by atoms with Gasteiger partial charge in [0.1, 0.15) is 5.75 Å². The molecule has 0 saturated heterocycles. The van der Waals surface area contributed by atoms with Crippen LogP contribution in [0.3, 0.4) is 0 Å². The molecule has 0 aliphatic carbocycles. The summed E-state index contributed by atoms with van der Waals surface area (Å²) >= 11 is 5.75. The quantitative estimate of drug-likeness (QED) is 0.888. The molecule has 112 valence electrons. The molecule has 0 heterocycles. The van der Waals surface area contributed by atoms with Gasteiger partial charge in [0.15, 0.2) is 0 Å². The Labute approximate surface area is 129 Å². The third kappa shape index (κ3) is 4.46. The van der Waals surface area contributed by atoms with Crippen molar-refractivity contribution in [3.05, 3.63) is 59.1 Å². The van der Waals surface area contributed by atoms with Crippen LogP contribution in [-0.2, 0) is 16.4 Å². The highest BCUT2D eigenvalue weighted by Crippen LogP contribution is 2.15. The van der Waals surface area contributed by atoms with Crippen molar-refractivity contribution >= 4 is 21.6 Å². The van der Waals surface area contributed by atoms with E-state index in [1.807, 2.05) is 0 Å². The molecule has 0 saturated carbocycles. The van der Waals surface area contributed by atoms with Crippen molar-refractivity contribution in [3.8, 4) is 5.75 Å². The molecule has 0 amide bonds. The van der Waals surface area contributed by atoms with E-state index in [0.717, 1.165) is 5.56 Å². The molecule has 2 aromatic carbocycles. The summed E-state index contributed by atoms with van der Waals surface area (Å²) in [7, 11) is -3.56. The lowest BCUT2D eigenvalue weighted by Crippen LogP contribution is -2.34. The Morgan fingerprint density at radius 1 is 1.10 bits per heavy atom. The largest absolute Gasteiger partial charge is 0.508 e. The fourth-order valence-electron chi connectivity index (χ4n) is 1.97. The van der Waals surface area contributed by atoms with E-state index in [1.54, 1.807) is 43.3 Å². The number of hydrogen-bond donors (Lipinski definition) is 2. The number of sulfonamides is 1. The van der Waals surface area contributed by atoms with Crippen molar-refractivity contribution in [2.24, 2.45) is 0 Å². The number of aromatic hydroxyl groups is 1. The van der Waals surface area contributed by atoms with E-state index in [4.69, 9.17) is 11.6 Å². The molecule has 0 unspecified atom stereocenters. The molecule has 21 heavy (non-hydrogen) atoms. The van der Waals surface area contributed by atoms with E-state index in [9.17, 15) is 13.5 Å². The molecule has 1 atom stereocenters. The normalized spacial score (nSPS) is 13.0. The summed E-state index contributed by atoms with van der Waals surface area (Å²) in [4.78, 5) is 0.185. The molecule has 0 aliphatic rings. The van der Waals surface area contributed by atoms with Crippen molar-refractivity contribution in [1.82, 2.24) is 4.72 Å². The van der Waals surface area contributed by atoms with Gasteiger partial charge in [-0.25, -0.2) is 13.1 Å². The number of rotatable bonds is 5. The minimum absolute atomic E-state index is 0.185.